The van der Waals surface area contributed by atoms with Crippen LogP contribution in [-0.2, 0) is 6.42 Å². The number of nitrogens with zero attached hydrogens (tertiary/aromatic N) is 2. The van der Waals surface area contributed by atoms with Crippen LogP contribution in [0.15, 0.2) is 73.1 Å². The Morgan fingerprint density at radius 1 is 0.966 bits per heavy atom. The first kappa shape index (κ1) is 17.5. The van der Waals surface area contributed by atoms with Gasteiger partial charge in [0.2, 0.25) is 0 Å². The number of benzene rings is 2. The second-order valence-corrected chi connectivity index (χ2v) is 7.40. The number of anilines is 1. The Labute approximate surface area is 172 Å². The summed E-state index contributed by atoms with van der Waals surface area (Å²) < 4.78 is 0. The molecule has 0 aliphatic heterocycles. The third-order valence-electron chi connectivity index (χ3n) is 5.03. The van der Waals surface area contributed by atoms with Crippen LogP contribution in [0.3, 0.4) is 0 Å². The third-order valence-corrected chi connectivity index (χ3v) is 5.26. The van der Waals surface area contributed by atoms with Gasteiger partial charge in [-0.15, -0.1) is 0 Å². The molecule has 0 spiro atoms. The zero-order chi connectivity index (χ0) is 19.8. The highest BCUT2D eigenvalue weighted by Gasteiger charge is 2.18. The highest BCUT2D eigenvalue weighted by Crippen LogP contribution is 2.37. The summed E-state index contributed by atoms with van der Waals surface area (Å²) in [6.45, 7) is 0. The zero-order valence-electron chi connectivity index (χ0n) is 15.5. The van der Waals surface area contributed by atoms with Gasteiger partial charge >= 0.3 is 0 Å². The lowest BCUT2D eigenvalue weighted by Gasteiger charge is -2.09. The van der Waals surface area contributed by atoms with Crippen molar-refractivity contribution in [1.29, 1.82) is 0 Å². The monoisotopic (exact) mass is 399 g/mol. The number of fused-ring (bicyclic) bond motifs is 1. The molecule has 29 heavy (non-hydrogen) atoms. The van der Waals surface area contributed by atoms with Crippen LogP contribution < -0.4 is 5.73 Å². The van der Waals surface area contributed by atoms with E-state index in [4.69, 9.17) is 17.3 Å². The largest absolute Gasteiger partial charge is 0.384 e. The van der Waals surface area contributed by atoms with Crippen molar-refractivity contribution in [2.24, 2.45) is 0 Å². The standard InChI is InChI=1S/C23H18ClN5/c24-17-8-4-7-15(10-17)18-13-27-29-22(18)19-12-26-23-21(19)16(11-20(25)28-23)9-14-5-2-1-3-6-14/h1-8,10-13H,9H2,(H,27,29)(H3,25,26,28). The van der Waals surface area contributed by atoms with Crippen LogP contribution in [0.25, 0.3) is 33.4 Å². The number of hydrogen-bond acceptors (Lipinski definition) is 3. The van der Waals surface area contributed by atoms with Crippen LogP contribution in [0.1, 0.15) is 11.1 Å². The predicted octanol–water partition coefficient (Wildman–Crippen LogP) is 5.45. The highest BCUT2D eigenvalue weighted by atomic mass is 35.5. The Kier molecular flexibility index (Phi) is 4.30. The molecule has 5 aromatic rings. The van der Waals surface area contributed by atoms with Gasteiger partial charge in [-0.2, -0.15) is 5.10 Å². The average Bonchev–Trinajstić information content (AvgIpc) is 3.35. The minimum absolute atomic E-state index is 0.497. The number of rotatable bonds is 4. The topological polar surface area (TPSA) is 83.4 Å². The molecule has 0 unspecified atom stereocenters. The Bertz CT molecular complexity index is 1300. The normalized spacial score (nSPS) is 11.2. The summed E-state index contributed by atoms with van der Waals surface area (Å²) in [5, 5.41) is 9.17. The molecule has 0 aliphatic rings. The second kappa shape index (κ2) is 7.11. The average molecular weight is 400 g/mol. The Balaban J connectivity index is 1.69. The first-order valence-electron chi connectivity index (χ1n) is 9.29. The van der Waals surface area contributed by atoms with Crippen molar-refractivity contribution in [3.05, 3.63) is 89.2 Å². The molecular formula is C23H18ClN5. The molecule has 142 valence electrons. The summed E-state index contributed by atoms with van der Waals surface area (Å²) >= 11 is 6.21. The van der Waals surface area contributed by atoms with E-state index in [0.29, 0.717) is 10.8 Å². The number of nitrogens with one attached hydrogen (secondary N) is 2. The van der Waals surface area contributed by atoms with Gasteiger partial charge in [0.15, 0.2) is 0 Å². The van der Waals surface area contributed by atoms with Crippen LogP contribution in [-0.4, -0.2) is 20.2 Å². The maximum Gasteiger partial charge on any atom is 0.140 e. The van der Waals surface area contributed by atoms with Crippen molar-refractivity contribution in [1.82, 2.24) is 20.2 Å². The van der Waals surface area contributed by atoms with Crippen molar-refractivity contribution in [2.45, 2.75) is 6.42 Å². The minimum Gasteiger partial charge on any atom is -0.384 e. The summed E-state index contributed by atoms with van der Waals surface area (Å²) in [4.78, 5) is 7.76. The van der Waals surface area contributed by atoms with Crippen molar-refractivity contribution in [3.8, 4) is 22.4 Å². The van der Waals surface area contributed by atoms with E-state index in [-0.39, 0.29) is 0 Å². The maximum absolute atomic E-state index is 6.21. The van der Waals surface area contributed by atoms with E-state index in [1.54, 1.807) is 0 Å². The lowest BCUT2D eigenvalue weighted by Crippen LogP contribution is -1.97. The SMILES string of the molecule is Nc1cc(Cc2ccccc2)c2c(-c3[nH]ncc3-c3cccc(Cl)c3)c[nH]c2n1. The third kappa shape index (κ3) is 3.26. The van der Waals surface area contributed by atoms with Crippen molar-refractivity contribution in [2.75, 3.05) is 5.73 Å². The van der Waals surface area contributed by atoms with Gasteiger partial charge in [-0.3, -0.25) is 5.10 Å². The number of pyridine rings is 1. The first-order chi connectivity index (χ1) is 14.2. The number of nitrogens with two attached hydrogens (primary N) is 1. The molecule has 3 heterocycles. The Morgan fingerprint density at radius 2 is 1.83 bits per heavy atom. The molecule has 0 radical (unpaired) electrons. The van der Waals surface area contributed by atoms with E-state index in [0.717, 1.165) is 45.4 Å². The van der Waals surface area contributed by atoms with Gasteiger partial charge < -0.3 is 10.7 Å². The molecule has 0 aliphatic carbocycles. The maximum atomic E-state index is 6.21. The molecule has 0 saturated carbocycles. The van der Waals surface area contributed by atoms with E-state index >= 15 is 0 Å². The molecule has 6 heteroatoms. The molecule has 4 N–H and O–H groups in total. The molecule has 2 aromatic carbocycles. The number of hydrogen-bond donors (Lipinski definition) is 3. The van der Waals surface area contributed by atoms with Gasteiger partial charge in [-0.05, 0) is 41.3 Å². The first-order valence-corrected chi connectivity index (χ1v) is 9.67. The molecule has 0 fully saturated rings. The summed E-state index contributed by atoms with van der Waals surface area (Å²) in [6, 6.07) is 20.0. The quantitative estimate of drug-likeness (QED) is 0.376. The lowest BCUT2D eigenvalue weighted by atomic mass is 9.97. The van der Waals surface area contributed by atoms with E-state index < -0.39 is 0 Å². The molecule has 0 saturated heterocycles. The van der Waals surface area contributed by atoms with E-state index in [9.17, 15) is 0 Å². The van der Waals surface area contributed by atoms with Crippen LogP contribution in [0.2, 0.25) is 5.02 Å². The van der Waals surface area contributed by atoms with Crippen LogP contribution in [0.4, 0.5) is 5.82 Å². The van der Waals surface area contributed by atoms with Gasteiger partial charge in [-0.25, -0.2) is 4.98 Å². The number of aromatic amines is 2. The number of aromatic nitrogens is 4. The van der Waals surface area contributed by atoms with E-state index in [1.165, 1.54) is 5.56 Å². The molecule has 0 bridgehead atoms. The molecule has 3 aromatic heterocycles. The van der Waals surface area contributed by atoms with Gasteiger partial charge in [0, 0.05) is 27.7 Å². The number of halogens is 1. The summed E-state index contributed by atoms with van der Waals surface area (Å²) in [5.74, 6) is 0.497. The number of H-pyrrole nitrogens is 2. The van der Waals surface area contributed by atoms with E-state index in [2.05, 4.69) is 32.3 Å². The van der Waals surface area contributed by atoms with Crippen LogP contribution in [0.5, 0.6) is 0 Å². The fourth-order valence-corrected chi connectivity index (χ4v) is 3.95. The van der Waals surface area contributed by atoms with Gasteiger partial charge in [0.25, 0.3) is 0 Å². The van der Waals surface area contributed by atoms with Crippen LogP contribution >= 0.6 is 11.6 Å². The molecule has 5 rings (SSSR count). The lowest BCUT2D eigenvalue weighted by molar-refractivity contribution is 1.10. The highest BCUT2D eigenvalue weighted by molar-refractivity contribution is 6.30. The van der Waals surface area contributed by atoms with E-state index in [1.807, 2.05) is 60.9 Å². The molecular weight excluding hydrogens is 382 g/mol. The fraction of sp³-hybridized carbons (Fsp3) is 0.0435. The molecule has 0 amide bonds. The number of nitrogen functional groups attached to an aromatic ring is 1. The Morgan fingerprint density at radius 3 is 2.66 bits per heavy atom. The minimum atomic E-state index is 0.497. The van der Waals surface area contributed by atoms with Crippen molar-refractivity contribution >= 4 is 28.5 Å². The smallest absolute Gasteiger partial charge is 0.140 e. The summed E-state index contributed by atoms with van der Waals surface area (Å²) in [5.41, 5.74) is 13.1. The van der Waals surface area contributed by atoms with Gasteiger partial charge in [-0.1, -0.05) is 54.1 Å². The second-order valence-electron chi connectivity index (χ2n) is 6.96. The Hall–Kier alpha value is -3.57. The van der Waals surface area contributed by atoms with Gasteiger partial charge in [0.05, 0.1) is 11.9 Å². The molecule has 0 atom stereocenters. The molecule has 5 nitrogen and oxygen atoms in total. The van der Waals surface area contributed by atoms with Gasteiger partial charge in [0.1, 0.15) is 11.5 Å². The summed E-state index contributed by atoms with van der Waals surface area (Å²) in [7, 11) is 0. The summed E-state index contributed by atoms with van der Waals surface area (Å²) in [6.07, 6.45) is 4.53. The predicted molar refractivity (Wildman–Crippen MR) is 118 cm³/mol. The van der Waals surface area contributed by atoms with Crippen molar-refractivity contribution in [3.63, 3.8) is 0 Å². The van der Waals surface area contributed by atoms with Crippen LogP contribution in [0, 0.1) is 0 Å². The van der Waals surface area contributed by atoms with Crippen molar-refractivity contribution < 1.29 is 0 Å². The zero-order valence-corrected chi connectivity index (χ0v) is 16.2. The fourth-order valence-electron chi connectivity index (χ4n) is 3.76.